The lowest BCUT2D eigenvalue weighted by Gasteiger charge is -2.17. The molecule has 0 spiro atoms. The molecule has 0 bridgehead atoms. The van der Waals surface area contributed by atoms with Gasteiger partial charge in [-0.1, -0.05) is 59.8 Å². The molecule has 0 saturated heterocycles. The van der Waals surface area contributed by atoms with Crippen molar-refractivity contribution in [1.82, 2.24) is 5.16 Å². The molecule has 1 unspecified atom stereocenters. The Morgan fingerprint density at radius 2 is 1.55 bits per heavy atom. The van der Waals surface area contributed by atoms with Gasteiger partial charge >= 0.3 is 0 Å². The first-order chi connectivity index (χ1) is 16.1. The van der Waals surface area contributed by atoms with Gasteiger partial charge in [0.1, 0.15) is 11.0 Å². The van der Waals surface area contributed by atoms with Gasteiger partial charge in [0.15, 0.2) is 10.9 Å². The number of aromatic nitrogens is 1. The number of aryl methyl sites for hydroxylation is 1. The van der Waals surface area contributed by atoms with E-state index in [1.165, 1.54) is 11.8 Å². The molecular weight excluding hydrogens is 452 g/mol. The highest BCUT2D eigenvalue weighted by atomic mass is 32.2. The Bertz CT molecular complexity index is 1230. The SMILES string of the molecule is Cc1cc(NC(=O)C(Sc2cccc(NC(=S)Nc3ccccc3)c2)c2ccccc2)no1. The number of nitrogens with one attached hydrogen (secondary N) is 3. The third-order valence-corrected chi connectivity index (χ3v) is 6.05. The molecule has 3 aromatic carbocycles. The van der Waals surface area contributed by atoms with Crippen LogP contribution in [0.3, 0.4) is 0 Å². The van der Waals surface area contributed by atoms with Crippen LogP contribution in [0.5, 0.6) is 0 Å². The maximum atomic E-state index is 13.1. The van der Waals surface area contributed by atoms with Crippen molar-refractivity contribution in [3.05, 3.63) is 102 Å². The van der Waals surface area contributed by atoms with Gasteiger partial charge in [0.25, 0.3) is 0 Å². The maximum Gasteiger partial charge on any atom is 0.243 e. The number of rotatable bonds is 7. The van der Waals surface area contributed by atoms with Crippen molar-refractivity contribution in [2.75, 3.05) is 16.0 Å². The zero-order chi connectivity index (χ0) is 23.0. The molecule has 0 aliphatic rings. The van der Waals surface area contributed by atoms with Crippen molar-refractivity contribution in [3.63, 3.8) is 0 Å². The zero-order valence-electron chi connectivity index (χ0n) is 17.8. The molecule has 0 aliphatic carbocycles. The van der Waals surface area contributed by atoms with Gasteiger partial charge in [-0.15, -0.1) is 11.8 Å². The van der Waals surface area contributed by atoms with Crippen molar-refractivity contribution in [3.8, 4) is 0 Å². The second kappa shape index (κ2) is 10.8. The molecule has 1 heterocycles. The number of nitrogens with zero attached hydrogens (tertiary/aromatic N) is 1. The lowest BCUT2D eigenvalue weighted by molar-refractivity contribution is -0.115. The van der Waals surface area contributed by atoms with E-state index >= 15 is 0 Å². The highest BCUT2D eigenvalue weighted by Crippen LogP contribution is 2.37. The van der Waals surface area contributed by atoms with Gasteiger partial charge in [0, 0.05) is 22.3 Å². The van der Waals surface area contributed by atoms with Crippen molar-refractivity contribution in [2.45, 2.75) is 17.1 Å². The molecule has 1 atom stereocenters. The summed E-state index contributed by atoms with van der Waals surface area (Å²) in [6, 6.07) is 28.8. The van der Waals surface area contributed by atoms with Gasteiger partial charge in [-0.2, -0.15) is 0 Å². The summed E-state index contributed by atoms with van der Waals surface area (Å²) in [5.41, 5.74) is 2.62. The van der Waals surface area contributed by atoms with E-state index in [1.807, 2.05) is 84.9 Å². The summed E-state index contributed by atoms with van der Waals surface area (Å²) in [7, 11) is 0. The van der Waals surface area contributed by atoms with E-state index in [1.54, 1.807) is 13.0 Å². The second-order valence-corrected chi connectivity index (χ2v) is 8.78. The quantitative estimate of drug-likeness (QED) is 0.215. The van der Waals surface area contributed by atoms with E-state index in [0.717, 1.165) is 21.8 Å². The fraction of sp³-hybridized carbons (Fsp3) is 0.0800. The van der Waals surface area contributed by atoms with Crippen LogP contribution in [0.15, 0.2) is 100 Å². The first kappa shape index (κ1) is 22.6. The molecule has 4 rings (SSSR count). The van der Waals surface area contributed by atoms with E-state index in [9.17, 15) is 4.79 Å². The Labute approximate surface area is 201 Å². The van der Waals surface area contributed by atoms with Crippen LogP contribution in [0.4, 0.5) is 17.2 Å². The lowest BCUT2D eigenvalue weighted by Crippen LogP contribution is -2.19. The fourth-order valence-electron chi connectivity index (χ4n) is 3.12. The molecule has 6 nitrogen and oxygen atoms in total. The Kier molecular flexibility index (Phi) is 7.39. The minimum atomic E-state index is -0.479. The summed E-state index contributed by atoms with van der Waals surface area (Å²) in [4.78, 5) is 14.1. The smallest absolute Gasteiger partial charge is 0.243 e. The van der Waals surface area contributed by atoms with E-state index in [2.05, 4.69) is 21.1 Å². The summed E-state index contributed by atoms with van der Waals surface area (Å²) >= 11 is 6.88. The van der Waals surface area contributed by atoms with Crippen molar-refractivity contribution in [2.24, 2.45) is 0 Å². The van der Waals surface area contributed by atoms with Gasteiger partial charge in [-0.3, -0.25) is 4.79 Å². The Balaban J connectivity index is 1.49. The number of anilines is 3. The topological polar surface area (TPSA) is 79.2 Å². The molecule has 3 N–H and O–H groups in total. The van der Waals surface area contributed by atoms with Crippen LogP contribution in [-0.4, -0.2) is 16.2 Å². The van der Waals surface area contributed by atoms with Crippen LogP contribution in [-0.2, 0) is 4.79 Å². The predicted molar refractivity (Wildman–Crippen MR) is 138 cm³/mol. The number of thiocarbonyl (C=S) groups is 1. The molecule has 0 fully saturated rings. The van der Waals surface area contributed by atoms with Gasteiger partial charge in [-0.05, 0) is 55.0 Å². The third-order valence-electron chi connectivity index (χ3n) is 4.60. The summed E-state index contributed by atoms with van der Waals surface area (Å²) in [5, 5.41) is 13.1. The van der Waals surface area contributed by atoms with Crippen LogP contribution in [0.2, 0.25) is 0 Å². The highest BCUT2D eigenvalue weighted by molar-refractivity contribution is 8.00. The molecule has 1 aromatic heterocycles. The van der Waals surface area contributed by atoms with Crippen LogP contribution in [0.1, 0.15) is 16.6 Å². The third kappa shape index (κ3) is 6.44. The summed E-state index contributed by atoms with van der Waals surface area (Å²) in [6.07, 6.45) is 0. The van der Waals surface area contributed by atoms with Crippen molar-refractivity contribution >= 4 is 52.2 Å². The summed E-state index contributed by atoms with van der Waals surface area (Å²) in [5.74, 6) is 0.846. The number of para-hydroxylation sites is 1. The predicted octanol–water partition coefficient (Wildman–Crippen LogP) is 6.26. The zero-order valence-corrected chi connectivity index (χ0v) is 19.5. The summed E-state index contributed by atoms with van der Waals surface area (Å²) in [6.45, 7) is 1.78. The molecule has 0 saturated carbocycles. The number of carbonyl (C=O) groups excluding carboxylic acids is 1. The minimum Gasteiger partial charge on any atom is -0.360 e. The number of thioether (sulfide) groups is 1. The van der Waals surface area contributed by atoms with E-state index in [-0.39, 0.29) is 5.91 Å². The Morgan fingerprint density at radius 3 is 2.24 bits per heavy atom. The number of hydrogen-bond donors (Lipinski definition) is 3. The van der Waals surface area contributed by atoms with Gasteiger partial charge in [-0.25, -0.2) is 0 Å². The number of amides is 1. The monoisotopic (exact) mass is 474 g/mol. The molecule has 33 heavy (non-hydrogen) atoms. The molecule has 4 aromatic rings. The molecule has 0 radical (unpaired) electrons. The van der Waals surface area contributed by atoms with E-state index in [0.29, 0.717) is 16.7 Å². The number of hydrogen-bond acceptors (Lipinski definition) is 5. The minimum absolute atomic E-state index is 0.181. The van der Waals surface area contributed by atoms with Gasteiger partial charge < -0.3 is 20.5 Å². The Hall–Kier alpha value is -3.62. The molecule has 8 heteroatoms. The molecule has 1 amide bonds. The second-order valence-electron chi connectivity index (χ2n) is 7.19. The van der Waals surface area contributed by atoms with Crippen molar-refractivity contribution < 1.29 is 9.32 Å². The largest absolute Gasteiger partial charge is 0.360 e. The molecule has 0 aliphatic heterocycles. The lowest BCUT2D eigenvalue weighted by atomic mass is 10.1. The summed E-state index contributed by atoms with van der Waals surface area (Å²) < 4.78 is 5.07. The average Bonchev–Trinajstić information content (AvgIpc) is 3.23. The normalized spacial score (nSPS) is 11.4. The van der Waals surface area contributed by atoms with Gasteiger partial charge in [0.05, 0.1) is 0 Å². The maximum absolute atomic E-state index is 13.1. The van der Waals surface area contributed by atoms with Crippen LogP contribution in [0.25, 0.3) is 0 Å². The standard InChI is InChI=1S/C25H22N4O2S2/c1-17-15-22(29-31-17)28-24(30)23(18-9-4-2-5-10-18)33-21-14-8-13-20(16-21)27-25(32)26-19-11-6-3-7-12-19/h2-16,23H,1H3,(H2,26,27,32)(H,28,29,30). The fourth-order valence-corrected chi connectivity index (χ4v) is 4.44. The first-order valence-corrected chi connectivity index (χ1v) is 11.5. The van der Waals surface area contributed by atoms with Crippen LogP contribution < -0.4 is 16.0 Å². The Morgan fingerprint density at radius 1 is 0.879 bits per heavy atom. The number of benzene rings is 3. The van der Waals surface area contributed by atoms with Crippen molar-refractivity contribution in [1.29, 1.82) is 0 Å². The van der Waals surface area contributed by atoms with Gasteiger partial charge in [0.2, 0.25) is 5.91 Å². The van der Waals surface area contributed by atoms with Crippen LogP contribution >= 0.6 is 24.0 Å². The first-order valence-electron chi connectivity index (χ1n) is 10.3. The van der Waals surface area contributed by atoms with E-state index < -0.39 is 5.25 Å². The molecular formula is C25H22N4O2S2. The molecule has 166 valence electrons. The average molecular weight is 475 g/mol. The van der Waals surface area contributed by atoms with Crippen LogP contribution in [0, 0.1) is 6.92 Å². The number of carbonyl (C=O) groups is 1. The van der Waals surface area contributed by atoms with E-state index in [4.69, 9.17) is 16.7 Å². The highest BCUT2D eigenvalue weighted by Gasteiger charge is 2.23.